The molecule has 0 fully saturated rings. The van der Waals surface area contributed by atoms with Gasteiger partial charge in [-0.15, -0.1) is 0 Å². The molecule has 0 unspecified atom stereocenters. The molecule has 0 aliphatic carbocycles. The molecule has 4 nitrogen and oxygen atoms in total. The highest BCUT2D eigenvalue weighted by Gasteiger charge is 2.17. The summed E-state index contributed by atoms with van der Waals surface area (Å²) in [6.07, 6.45) is 0.875. The molecule has 0 amide bonds. The predicted molar refractivity (Wildman–Crippen MR) is 81.0 cm³/mol. The Kier molecular flexibility index (Phi) is 6.30. The second kappa shape index (κ2) is 7.99. The highest BCUT2D eigenvalue weighted by Crippen LogP contribution is 2.39. The van der Waals surface area contributed by atoms with E-state index in [1.807, 2.05) is 17.8 Å². The quantitative estimate of drug-likeness (QED) is 0.707. The Bertz CT molecular complexity index is 417. The summed E-state index contributed by atoms with van der Waals surface area (Å²) >= 11 is 5.35. The molecule has 0 saturated carbocycles. The Morgan fingerprint density at radius 2 is 2.21 bits per heavy atom. The summed E-state index contributed by atoms with van der Waals surface area (Å²) in [6, 6.07) is 4.07. The molecular weight excluding hydrogens is 330 g/mol. The van der Waals surface area contributed by atoms with E-state index in [9.17, 15) is 0 Å². The van der Waals surface area contributed by atoms with Crippen LogP contribution in [0, 0.1) is 0 Å². The molecule has 1 aliphatic heterocycles. The van der Waals surface area contributed by atoms with E-state index in [1.165, 1.54) is 5.56 Å². The van der Waals surface area contributed by atoms with Crippen LogP contribution in [0.25, 0.3) is 0 Å². The van der Waals surface area contributed by atoms with Crippen LogP contribution in [-0.4, -0.2) is 36.6 Å². The lowest BCUT2D eigenvalue weighted by atomic mass is 10.2. The van der Waals surface area contributed by atoms with Crippen LogP contribution < -0.4 is 14.8 Å². The molecule has 0 bridgehead atoms. The van der Waals surface area contributed by atoms with Gasteiger partial charge in [0.15, 0.2) is 11.5 Å². The molecule has 1 aliphatic rings. The summed E-state index contributed by atoms with van der Waals surface area (Å²) in [5.74, 6) is 3.69. The lowest BCUT2D eigenvalue weighted by molar-refractivity contribution is 0.173. The monoisotopic (exact) mass is 347 g/mol. The fourth-order valence-electron chi connectivity index (χ4n) is 1.77. The van der Waals surface area contributed by atoms with E-state index in [0.717, 1.165) is 47.0 Å². The van der Waals surface area contributed by atoms with E-state index in [1.54, 1.807) is 0 Å². The average molecular weight is 348 g/mol. The van der Waals surface area contributed by atoms with Gasteiger partial charge in [0.2, 0.25) is 6.79 Å². The maximum Gasteiger partial charge on any atom is 0.231 e. The Balaban J connectivity index is 1.70. The van der Waals surface area contributed by atoms with Gasteiger partial charge in [-0.1, -0.05) is 0 Å². The van der Waals surface area contributed by atoms with Crippen molar-refractivity contribution in [2.75, 3.05) is 31.5 Å². The van der Waals surface area contributed by atoms with Crippen molar-refractivity contribution in [1.82, 2.24) is 5.32 Å². The van der Waals surface area contributed by atoms with Crippen molar-refractivity contribution >= 4 is 27.7 Å². The maximum atomic E-state index is 8.67. The maximum absolute atomic E-state index is 8.67. The third kappa shape index (κ3) is 4.56. The van der Waals surface area contributed by atoms with Gasteiger partial charge in [-0.25, -0.2) is 0 Å². The normalized spacial score (nSPS) is 12.9. The molecule has 1 heterocycles. The summed E-state index contributed by atoms with van der Waals surface area (Å²) in [5, 5.41) is 12.1. The highest BCUT2D eigenvalue weighted by atomic mass is 79.9. The van der Waals surface area contributed by atoms with Crippen molar-refractivity contribution < 1.29 is 14.6 Å². The fourth-order valence-corrected chi connectivity index (χ4v) is 3.20. The summed E-state index contributed by atoms with van der Waals surface area (Å²) in [4.78, 5) is 0. The number of aliphatic hydroxyl groups excluding tert-OH is 1. The fraction of sp³-hybridized carbons (Fsp3) is 0.538. The molecule has 6 heteroatoms. The summed E-state index contributed by atoms with van der Waals surface area (Å²) in [7, 11) is 0. The van der Waals surface area contributed by atoms with E-state index < -0.39 is 0 Å². The second-order valence-corrected chi connectivity index (χ2v) is 6.26. The molecule has 2 rings (SSSR count). The SMILES string of the molecule is OCCCSCCNCc1cc(Br)c2c(c1)OCO2. The van der Waals surface area contributed by atoms with Crippen LogP contribution in [0.15, 0.2) is 16.6 Å². The van der Waals surface area contributed by atoms with Gasteiger partial charge in [-0.2, -0.15) is 11.8 Å². The molecule has 2 N–H and O–H groups in total. The van der Waals surface area contributed by atoms with Gasteiger partial charge in [-0.05, 0) is 45.8 Å². The summed E-state index contributed by atoms with van der Waals surface area (Å²) in [6.45, 7) is 2.36. The minimum atomic E-state index is 0.283. The Morgan fingerprint density at radius 3 is 3.05 bits per heavy atom. The Hall–Kier alpha value is -0.430. The number of ether oxygens (including phenoxy) is 2. The molecule has 1 aromatic rings. The molecule has 0 aromatic heterocycles. The number of halogens is 1. The zero-order chi connectivity index (χ0) is 13.5. The van der Waals surface area contributed by atoms with E-state index in [4.69, 9.17) is 14.6 Å². The standard InChI is InChI=1S/C13H18BrNO3S/c14-11-6-10(7-12-13(11)18-9-17-12)8-15-2-5-19-4-1-3-16/h6-7,15-16H,1-5,8-9H2. The van der Waals surface area contributed by atoms with E-state index in [0.29, 0.717) is 6.79 Å². The average Bonchev–Trinajstić information content (AvgIpc) is 2.86. The molecule has 106 valence electrons. The van der Waals surface area contributed by atoms with Crippen LogP contribution in [0.2, 0.25) is 0 Å². The summed E-state index contributed by atoms with van der Waals surface area (Å²) < 4.78 is 11.7. The Morgan fingerprint density at radius 1 is 1.32 bits per heavy atom. The van der Waals surface area contributed by atoms with Crippen LogP contribution in [0.1, 0.15) is 12.0 Å². The molecule has 0 atom stereocenters. The zero-order valence-corrected chi connectivity index (χ0v) is 13.1. The molecule has 0 saturated heterocycles. The van der Waals surface area contributed by atoms with Crippen molar-refractivity contribution in [3.63, 3.8) is 0 Å². The van der Waals surface area contributed by atoms with Crippen molar-refractivity contribution in [3.05, 3.63) is 22.2 Å². The lowest BCUT2D eigenvalue weighted by Crippen LogP contribution is -2.16. The van der Waals surface area contributed by atoms with Gasteiger partial charge >= 0.3 is 0 Å². The number of hydrogen-bond acceptors (Lipinski definition) is 5. The van der Waals surface area contributed by atoms with E-state index >= 15 is 0 Å². The number of benzene rings is 1. The topological polar surface area (TPSA) is 50.7 Å². The number of rotatable bonds is 8. The second-order valence-electron chi connectivity index (χ2n) is 4.18. The first-order valence-electron chi connectivity index (χ1n) is 6.28. The van der Waals surface area contributed by atoms with Crippen LogP contribution in [0.4, 0.5) is 0 Å². The van der Waals surface area contributed by atoms with Gasteiger partial charge in [-0.3, -0.25) is 0 Å². The van der Waals surface area contributed by atoms with Crippen LogP contribution in [-0.2, 0) is 6.54 Å². The molecule has 0 radical (unpaired) electrons. The number of fused-ring (bicyclic) bond motifs is 1. The number of hydrogen-bond donors (Lipinski definition) is 2. The van der Waals surface area contributed by atoms with Crippen molar-refractivity contribution in [2.45, 2.75) is 13.0 Å². The largest absolute Gasteiger partial charge is 0.454 e. The Labute approximate surface area is 126 Å². The molecule has 19 heavy (non-hydrogen) atoms. The lowest BCUT2D eigenvalue weighted by Gasteiger charge is -2.07. The highest BCUT2D eigenvalue weighted by molar-refractivity contribution is 9.10. The first kappa shape index (κ1) is 15.0. The predicted octanol–water partition coefficient (Wildman–Crippen LogP) is 2.38. The number of aliphatic hydroxyl groups is 1. The van der Waals surface area contributed by atoms with Crippen LogP contribution in [0.3, 0.4) is 0 Å². The number of thioether (sulfide) groups is 1. The third-order valence-electron chi connectivity index (χ3n) is 2.69. The molecular formula is C13H18BrNO3S. The zero-order valence-electron chi connectivity index (χ0n) is 10.7. The first-order valence-corrected chi connectivity index (χ1v) is 8.23. The molecule has 1 aromatic carbocycles. The minimum absolute atomic E-state index is 0.283. The van der Waals surface area contributed by atoms with Crippen LogP contribution in [0.5, 0.6) is 11.5 Å². The molecule has 0 spiro atoms. The van der Waals surface area contributed by atoms with Crippen molar-refractivity contribution in [2.24, 2.45) is 0 Å². The van der Waals surface area contributed by atoms with Gasteiger partial charge in [0, 0.05) is 25.4 Å². The van der Waals surface area contributed by atoms with Crippen molar-refractivity contribution in [1.29, 1.82) is 0 Å². The van der Waals surface area contributed by atoms with Crippen LogP contribution >= 0.6 is 27.7 Å². The first-order chi connectivity index (χ1) is 9.31. The van der Waals surface area contributed by atoms with Gasteiger partial charge in [0.05, 0.1) is 4.47 Å². The third-order valence-corrected chi connectivity index (χ3v) is 4.35. The minimum Gasteiger partial charge on any atom is -0.454 e. The smallest absolute Gasteiger partial charge is 0.231 e. The van der Waals surface area contributed by atoms with Crippen molar-refractivity contribution in [3.8, 4) is 11.5 Å². The van der Waals surface area contributed by atoms with E-state index in [2.05, 4.69) is 27.3 Å². The number of nitrogens with one attached hydrogen (secondary N) is 1. The van der Waals surface area contributed by atoms with Gasteiger partial charge < -0.3 is 19.9 Å². The van der Waals surface area contributed by atoms with Gasteiger partial charge in [0.25, 0.3) is 0 Å². The summed E-state index contributed by atoms with van der Waals surface area (Å²) in [5.41, 5.74) is 1.18. The van der Waals surface area contributed by atoms with E-state index in [-0.39, 0.29) is 6.61 Å². The van der Waals surface area contributed by atoms with Gasteiger partial charge in [0.1, 0.15) is 0 Å².